The normalized spacial score (nSPS) is 11.6. The van der Waals surface area contributed by atoms with Gasteiger partial charge in [0, 0.05) is 18.1 Å². The van der Waals surface area contributed by atoms with Crippen molar-refractivity contribution in [2.45, 2.75) is 6.42 Å². The molecule has 106 valence electrons. The third kappa shape index (κ3) is 2.17. The van der Waals surface area contributed by atoms with Gasteiger partial charge in [-0.3, -0.25) is 9.78 Å². The summed E-state index contributed by atoms with van der Waals surface area (Å²) in [5.74, 6) is -0.140. The van der Waals surface area contributed by atoms with E-state index in [2.05, 4.69) is 46.7 Å². The quantitative estimate of drug-likeness (QED) is 0.607. The Morgan fingerprint density at radius 2 is 1.82 bits per heavy atom. The average molecular weight is 286 g/mol. The van der Waals surface area contributed by atoms with Crippen molar-refractivity contribution in [3.63, 3.8) is 0 Å². The van der Waals surface area contributed by atoms with Crippen LogP contribution in [0.5, 0.6) is 0 Å². The first-order valence-corrected chi connectivity index (χ1v) is 7.24. The van der Waals surface area contributed by atoms with Gasteiger partial charge in [-0.2, -0.15) is 0 Å². The summed E-state index contributed by atoms with van der Waals surface area (Å²) >= 11 is 0. The molecule has 1 aliphatic rings. The number of hydrogen-bond donors (Lipinski definition) is 1. The van der Waals surface area contributed by atoms with E-state index < -0.39 is 0 Å². The molecule has 0 bridgehead atoms. The van der Waals surface area contributed by atoms with Gasteiger partial charge in [0.25, 0.3) is 5.91 Å². The highest BCUT2D eigenvalue weighted by Gasteiger charge is 2.18. The van der Waals surface area contributed by atoms with Gasteiger partial charge in [0.2, 0.25) is 0 Å². The van der Waals surface area contributed by atoms with Crippen molar-refractivity contribution in [1.82, 2.24) is 4.98 Å². The number of nitrogens with one attached hydrogen (secondary N) is 1. The molecule has 4 rings (SSSR count). The lowest BCUT2D eigenvalue weighted by Gasteiger charge is -2.08. The van der Waals surface area contributed by atoms with E-state index in [9.17, 15) is 4.79 Å². The summed E-state index contributed by atoms with van der Waals surface area (Å²) in [7, 11) is 0. The summed E-state index contributed by atoms with van der Waals surface area (Å²) in [6.07, 6.45) is 4.18. The third-order valence-corrected chi connectivity index (χ3v) is 3.98. The van der Waals surface area contributed by atoms with E-state index in [0.29, 0.717) is 5.56 Å². The van der Waals surface area contributed by atoms with E-state index in [1.807, 2.05) is 6.07 Å². The van der Waals surface area contributed by atoms with E-state index >= 15 is 0 Å². The summed E-state index contributed by atoms with van der Waals surface area (Å²) < 4.78 is 0. The van der Waals surface area contributed by atoms with Crippen LogP contribution < -0.4 is 5.32 Å². The van der Waals surface area contributed by atoms with Gasteiger partial charge in [0.1, 0.15) is 0 Å². The zero-order valence-corrected chi connectivity index (χ0v) is 11.9. The molecule has 22 heavy (non-hydrogen) atoms. The lowest BCUT2D eigenvalue weighted by molar-refractivity contribution is 0.102. The van der Waals surface area contributed by atoms with Crippen molar-refractivity contribution in [2.24, 2.45) is 0 Å². The Kier molecular flexibility index (Phi) is 2.97. The number of hydrogen-bond acceptors (Lipinski definition) is 2. The molecule has 0 unspecified atom stereocenters. The molecule has 1 amide bonds. The molecule has 2 aromatic carbocycles. The molecule has 3 heteroatoms. The first kappa shape index (κ1) is 12.8. The van der Waals surface area contributed by atoms with Crippen molar-refractivity contribution in [3.05, 3.63) is 83.7 Å². The molecule has 3 aromatic rings. The van der Waals surface area contributed by atoms with Crippen LogP contribution in [0.1, 0.15) is 21.5 Å². The predicted molar refractivity (Wildman–Crippen MR) is 86.9 cm³/mol. The smallest absolute Gasteiger partial charge is 0.257 e. The van der Waals surface area contributed by atoms with Crippen LogP contribution in [0.3, 0.4) is 0 Å². The zero-order valence-electron chi connectivity index (χ0n) is 11.9. The number of carbonyl (C=O) groups is 1. The first-order valence-electron chi connectivity index (χ1n) is 7.24. The van der Waals surface area contributed by atoms with Crippen LogP contribution in [0.25, 0.3) is 11.1 Å². The summed E-state index contributed by atoms with van der Waals surface area (Å²) in [6.45, 7) is 0. The maximum Gasteiger partial charge on any atom is 0.257 e. The Labute approximate surface area is 128 Å². The van der Waals surface area contributed by atoms with Crippen molar-refractivity contribution < 1.29 is 4.79 Å². The van der Waals surface area contributed by atoms with Gasteiger partial charge in [-0.25, -0.2) is 0 Å². The highest BCUT2D eigenvalue weighted by atomic mass is 16.1. The largest absolute Gasteiger partial charge is 0.322 e. The van der Waals surface area contributed by atoms with Crippen LogP contribution in [0.4, 0.5) is 5.69 Å². The zero-order chi connectivity index (χ0) is 14.9. The SMILES string of the molecule is O=C(Nc1ccc2c(c1)-c1ccccc1C2)c1cccnc1. The minimum Gasteiger partial charge on any atom is -0.322 e. The van der Waals surface area contributed by atoms with Gasteiger partial charge < -0.3 is 5.32 Å². The molecule has 1 aliphatic carbocycles. The standard InChI is InChI=1S/C19H14N2O/c22-19(15-5-3-9-20-12-15)21-16-8-7-14-10-13-4-1-2-6-17(13)18(14)11-16/h1-9,11-12H,10H2,(H,21,22). The second-order valence-corrected chi connectivity index (χ2v) is 5.40. The Morgan fingerprint density at radius 3 is 2.68 bits per heavy atom. The Hall–Kier alpha value is -2.94. The van der Waals surface area contributed by atoms with Gasteiger partial charge in [0.05, 0.1) is 5.56 Å². The van der Waals surface area contributed by atoms with Crippen molar-refractivity contribution in [3.8, 4) is 11.1 Å². The number of fused-ring (bicyclic) bond motifs is 3. The molecule has 0 radical (unpaired) electrons. The monoisotopic (exact) mass is 286 g/mol. The fourth-order valence-electron chi connectivity index (χ4n) is 2.90. The number of nitrogens with zero attached hydrogens (tertiary/aromatic N) is 1. The van der Waals surface area contributed by atoms with Crippen LogP contribution in [0, 0.1) is 0 Å². The maximum absolute atomic E-state index is 12.2. The molecule has 1 N–H and O–H groups in total. The summed E-state index contributed by atoms with van der Waals surface area (Å²) in [4.78, 5) is 16.2. The minimum atomic E-state index is -0.140. The number of rotatable bonds is 2. The van der Waals surface area contributed by atoms with Crippen LogP contribution in [-0.2, 0) is 6.42 Å². The van der Waals surface area contributed by atoms with E-state index in [-0.39, 0.29) is 5.91 Å². The van der Waals surface area contributed by atoms with Crippen molar-refractivity contribution in [2.75, 3.05) is 5.32 Å². The van der Waals surface area contributed by atoms with Crippen molar-refractivity contribution >= 4 is 11.6 Å². The van der Waals surface area contributed by atoms with Crippen molar-refractivity contribution in [1.29, 1.82) is 0 Å². The van der Waals surface area contributed by atoms with Gasteiger partial charge in [-0.15, -0.1) is 0 Å². The molecule has 0 fully saturated rings. The van der Waals surface area contributed by atoms with Gasteiger partial charge in [0.15, 0.2) is 0 Å². The summed E-state index contributed by atoms with van der Waals surface area (Å²) in [6, 6.07) is 18.0. The van der Waals surface area contributed by atoms with Gasteiger partial charge in [-0.05, 0) is 52.9 Å². The van der Waals surface area contributed by atoms with Crippen LogP contribution in [-0.4, -0.2) is 10.9 Å². The molecule has 0 atom stereocenters. The Morgan fingerprint density at radius 1 is 0.955 bits per heavy atom. The number of anilines is 1. The Bertz CT molecular complexity index is 856. The molecule has 1 aromatic heterocycles. The fourth-order valence-corrected chi connectivity index (χ4v) is 2.90. The van der Waals surface area contributed by atoms with E-state index in [1.165, 1.54) is 22.3 Å². The molecule has 1 heterocycles. The molecule has 0 aliphatic heterocycles. The van der Waals surface area contributed by atoms with Crippen LogP contribution >= 0.6 is 0 Å². The average Bonchev–Trinajstić information content (AvgIpc) is 2.94. The second kappa shape index (κ2) is 5.11. The first-order chi connectivity index (χ1) is 10.8. The third-order valence-electron chi connectivity index (χ3n) is 3.98. The highest BCUT2D eigenvalue weighted by Crippen LogP contribution is 2.37. The molecular weight excluding hydrogens is 272 g/mol. The number of carbonyl (C=O) groups excluding carboxylic acids is 1. The number of pyridine rings is 1. The number of amides is 1. The summed E-state index contributed by atoms with van der Waals surface area (Å²) in [5.41, 5.74) is 6.48. The Balaban J connectivity index is 1.65. The number of aromatic nitrogens is 1. The van der Waals surface area contributed by atoms with Gasteiger partial charge in [-0.1, -0.05) is 30.3 Å². The topological polar surface area (TPSA) is 42.0 Å². The van der Waals surface area contributed by atoms with E-state index in [0.717, 1.165) is 12.1 Å². The number of benzene rings is 2. The molecule has 0 spiro atoms. The van der Waals surface area contributed by atoms with E-state index in [4.69, 9.17) is 0 Å². The molecule has 3 nitrogen and oxygen atoms in total. The minimum absolute atomic E-state index is 0.140. The molecular formula is C19H14N2O. The lowest BCUT2D eigenvalue weighted by atomic mass is 10.1. The molecule has 0 saturated heterocycles. The van der Waals surface area contributed by atoms with E-state index in [1.54, 1.807) is 24.5 Å². The molecule has 0 saturated carbocycles. The predicted octanol–water partition coefficient (Wildman–Crippen LogP) is 3.91. The maximum atomic E-state index is 12.2. The highest BCUT2D eigenvalue weighted by molar-refractivity contribution is 6.04. The van der Waals surface area contributed by atoms with Crippen LogP contribution in [0.2, 0.25) is 0 Å². The lowest BCUT2D eigenvalue weighted by Crippen LogP contribution is -2.12. The van der Waals surface area contributed by atoms with Gasteiger partial charge >= 0.3 is 0 Å². The summed E-state index contributed by atoms with van der Waals surface area (Å²) in [5, 5.41) is 2.94. The van der Waals surface area contributed by atoms with Crippen LogP contribution in [0.15, 0.2) is 67.0 Å². The fraction of sp³-hybridized carbons (Fsp3) is 0.0526. The second-order valence-electron chi connectivity index (χ2n) is 5.40.